The Kier molecular flexibility index (Phi) is 6.74. The van der Waals surface area contributed by atoms with Gasteiger partial charge in [-0.25, -0.2) is 4.90 Å². The summed E-state index contributed by atoms with van der Waals surface area (Å²) in [6.07, 6.45) is 5.74. The van der Waals surface area contributed by atoms with E-state index in [1.54, 1.807) is 24.3 Å². The molecule has 3 aliphatic rings. The van der Waals surface area contributed by atoms with E-state index in [1.807, 2.05) is 41.3 Å². The minimum absolute atomic E-state index is 0.104. The Morgan fingerprint density at radius 1 is 0.976 bits per heavy atom. The Hall–Kier alpha value is -4.99. The number of unbranched alkanes of at least 4 members (excludes halogenated alkanes) is 1. The maximum atomic E-state index is 14.0. The molecule has 4 atom stereocenters. The molecule has 0 spiro atoms. The molecule has 0 unspecified atom stereocenters. The molecule has 3 amide bonds. The van der Waals surface area contributed by atoms with E-state index in [-0.39, 0.29) is 11.6 Å². The van der Waals surface area contributed by atoms with Gasteiger partial charge in [-0.2, -0.15) is 0 Å². The summed E-state index contributed by atoms with van der Waals surface area (Å²) in [5.41, 5.74) is 2.33. The number of amides is 3. The predicted molar refractivity (Wildman–Crippen MR) is 154 cm³/mol. The van der Waals surface area contributed by atoms with Crippen molar-refractivity contribution >= 4 is 46.5 Å². The van der Waals surface area contributed by atoms with Crippen molar-refractivity contribution in [3.8, 4) is 5.75 Å². The van der Waals surface area contributed by atoms with Crippen LogP contribution in [0.25, 0.3) is 6.08 Å². The summed E-state index contributed by atoms with van der Waals surface area (Å²) in [6, 6.07) is 18.4. The van der Waals surface area contributed by atoms with Crippen molar-refractivity contribution in [3.63, 3.8) is 0 Å². The third-order valence-corrected chi connectivity index (χ3v) is 7.89. The van der Waals surface area contributed by atoms with Crippen LogP contribution in [0, 0.1) is 22.0 Å². The summed E-state index contributed by atoms with van der Waals surface area (Å²) < 4.78 is 5.73. The molecule has 3 heterocycles. The molecule has 6 rings (SSSR count). The lowest BCUT2D eigenvalue weighted by molar-refractivity contribution is -0.384. The van der Waals surface area contributed by atoms with Gasteiger partial charge in [-0.15, -0.1) is 0 Å². The van der Waals surface area contributed by atoms with Gasteiger partial charge in [0.25, 0.3) is 5.69 Å². The number of non-ortho nitro benzene ring substituents is 1. The molecule has 10 heteroatoms. The van der Waals surface area contributed by atoms with Crippen molar-refractivity contribution < 1.29 is 24.0 Å². The molecule has 2 fully saturated rings. The molecule has 3 aliphatic heterocycles. The number of nitrogens with zero attached hydrogens (tertiary/aromatic N) is 3. The molecule has 0 saturated carbocycles. The zero-order valence-electron chi connectivity index (χ0n) is 22.3. The van der Waals surface area contributed by atoms with Crippen LogP contribution >= 0.6 is 0 Å². The van der Waals surface area contributed by atoms with Gasteiger partial charge in [0, 0.05) is 23.5 Å². The summed E-state index contributed by atoms with van der Waals surface area (Å²) >= 11 is 0. The number of benzene rings is 3. The number of hydrogen-bond donors (Lipinski definition) is 1. The second kappa shape index (κ2) is 10.5. The number of fused-ring (bicyclic) bond motifs is 5. The number of carbonyl (C=O) groups is 3. The molecule has 41 heavy (non-hydrogen) atoms. The summed E-state index contributed by atoms with van der Waals surface area (Å²) in [6.45, 7) is 2.66. The van der Waals surface area contributed by atoms with Gasteiger partial charge >= 0.3 is 0 Å². The Bertz CT molecular complexity index is 1550. The molecule has 1 N–H and O–H groups in total. The number of nitro groups is 1. The normalized spacial score (nSPS) is 22.3. The number of hydrogen-bond acceptors (Lipinski definition) is 7. The minimum atomic E-state index is -0.982. The molecule has 2 saturated heterocycles. The zero-order valence-corrected chi connectivity index (χ0v) is 22.3. The molecule has 10 nitrogen and oxygen atoms in total. The highest BCUT2D eigenvalue weighted by Gasteiger charge is 2.64. The lowest BCUT2D eigenvalue weighted by Crippen LogP contribution is -2.50. The highest BCUT2D eigenvalue weighted by Crippen LogP contribution is 2.49. The van der Waals surface area contributed by atoms with Crippen LogP contribution in [-0.4, -0.2) is 41.3 Å². The first kappa shape index (κ1) is 26.2. The van der Waals surface area contributed by atoms with Gasteiger partial charge in [0.2, 0.25) is 17.7 Å². The number of nitro benzene ring substituents is 1. The molecular formula is C31H28N4O6. The van der Waals surface area contributed by atoms with Gasteiger partial charge in [0.05, 0.1) is 35.1 Å². The molecule has 3 aromatic carbocycles. The largest absolute Gasteiger partial charge is 0.494 e. The standard InChI is InChI=1S/C31H28N4O6/c1-2-3-18-41-23-15-13-21(14-16-23)33-30(37)26-25-17-8-19-6-4-5-7-24(19)34(25)28(27(26)31(33)38)29(36)32-20-9-11-22(12-10-20)35(39)40/h4-17,25-28H,2-3,18H2,1H3,(H,32,36)/t25-,26+,27-,28+/m1/s1. The fourth-order valence-corrected chi connectivity index (χ4v) is 5.98. The first-order valence-electron chi connectivity index (χ1n) is 13.6. The molecule has 208 valence electrons. The first-order valence-corrected chi connectivity index (χ1v) is 13.6. The molecule has 0 aromatic heterocycles. The quantitative estimate of drug-likeness (QED) is 0.184. The van der Waals surface area contributed by atoms with Crippen molar-refractivity contribution in [1.82, 2.24) is 0 Å². The van der Waals surface area contributed by atoms with Crippen molar-refractivity contribution in [2.45, 2.75) is 31.8 Å². The summed E-state index contributed by atoms with van der Waals surface area (Å²) in [5, 5.41) is 13.9. The van der Waals surface area contributed by atoms with Crippen LogP contribution in [0.3, 0.4) is 0 Å². The molecule has 0 aliphatic carbocycles. The van der Waals surface area contributed by atoms with Crippen LogP contribution < -0.4 is 19.9 Å². The number of para-hydroxylation sites is 1. The monoisotopic (exact) mass is 552 g/mol. The molecule has 0 radical (unpaired) electrons. The van der Waals surface area contributed by atoms with Crippen LogP contribution in [0.5, 0.6) is 5.75 Å². The summed E-state index contributed by atoms with van der Waals surface area (Å²) in [7, 11) is 0. The van der Waals surface area contributed by atoms with Crippen molar-refractivity contribution in [1.29, 1.82) is 0 Å². The van der Waals surface area contributed by atoms with Crippen LogP contribution in [0.4, 0.5) is 22.7 Å². The van der Waals surface area contributed by atoms with Crippen LogP contribution in [-0.2, 0) is 14.4 Å². The van der Waals surface area contributed by atoms with E-state index in [0.29, 0.717) is 23.7 Å². The van der Waals surface area contributed by atoms with Gasteiger partial charge in [0.15, 0.2) is 0 Å². The number of anilines is 3. The highest BCUT2D eigenvalue weighted by molar-refractivity contribution is 6.25. The maximum Gasteiger partial charge on any atom is 0.269 e. The topological polar surface area (TPSA) is 122 Å². The first-order chi connectivity index (χ1) is 19.9. The Morgan fingerprint density at radius 2 is 1.68 bits per heavy atom. The van der Waals surface area contributed by atoms with E-state index in [1.165, 1.54) is 29.2 Å². The van der Waals surface area contributed by atoms with E-state index in [4.69, 9.17) is 4.74 Å². The molecular weight excluding hydrogens is 524 g/mol. The number of nitrogens with one attached hydrogen (secondary N) is 1. The van der Waals surface area contributed by atoms with Crippen molar-refractivity contribution in [2.75, 3.05) is 21.7 Å². The van der Waals surface area contributed by atoms with Gasteiger partial charge < -0.3 is 15.0 Å². The van der Waals surface area contributed by atoms with Gasteiger partial charge in [-0.1, -0.05) is 43.7 Å². The number of ether oxygens (including phenoxy) is 1. The maximum absolute atomic E-state index is 14.0. The van der Waals surface area contributed by atoms with E-state index in [2.05, 4.69) is 12.2 Å². The zero-order chi connectivity index (χ0) is 28.7. The Labute approximate surface area is 236 Å². The minimum Gasteiger partial charge on any atom is -0.494 e. The number of carbonyl (C=O) groups excluding carboxylic acids is 3. The molecule has 3 aromatic rings. The van der Waals surface area contributed by atoms with Crippen LogP contribution in [0.1, 0.15) is 25.3 Å². The average molecular weight is 553 g/mol. The van der Waals surface area contributed by atoms with E-state index < -0.39 is 40.7 Å². The number of imide groups is 1. The van der Waals surface area contributed by atoms with Gasteiger partial charge in [-0.05, 0) is 54.4 Å². The Morgan fingerprint density at radius 3 is 2.39 bits per heavy atom. The smallest absolute Gasteiger partial charge is 0.269 e. The van der Waals surface area contributed by atoms with E-state index in [9.17, 15) is 24.5 Å². The van der Waals surface area contributed by atoms with Crippen LogP contribution in [0.2, 0.25) is 0 Å². The second-order valence-electron chi connectivity index (χ2n) is 10.3. The third-order valence-electron chi connectivity index (χ3n) is 7.89. The lowest BCUT2D eigenvalue weighted by atomic mass is 9.88. The number of rotatable bonds is 8. The fourth-order valence-electron chi connectivity index (χ4n) is 5.98. The average Bonchev–Trinajstić information content (AvgIpc) is 3.46. The van der Waals surface area contributed by atoms with Crippen molar-refractivity contribution in [2.24, 2.45) is 11.8 Å². The van der Waals surface area contributed by atoms with Gasteiger partial charge in [-0.3, -0.25) is 24.5 Å². The summed E-state index contributed by atoms with van der Waals surface area (Å²) in [5.74, 6) is -2.31. The van der Waals surface area contributed by atoms with Gasteiger partial charge in [0.1, 0.15) is 11.8 Å². The SMILES string of the molecule is CCCCOc1ccc(N2C(=O)[C@@H]3[C@@H](C2=O)[C@@H](C(=O)Nc2ccc([N+](=O)[O-])cc2)N2c4ccccc4C=C[C@H]32)cc1. The van der Waals surface area contributed by atoms with E-state index >= 15 is 0 Å². The van der Waals surface area contributed by atoms with Crippen LogP contribution in [0.15, 0.2) is 78.9 Å². The summed E-state index contributed by atoms with van der Waals surface area (Å²) in [4.78, 5) is 55.4. The molecule has 0 bridgehead atoms. The van der Waals surface area contributed by atoms with Crippen molar-refractivity contribution in [3.05, 3.63) is 94.6 Å². The van der Waals surface area contributed by atoms with E-state index in [0.717, 1.165) is 24.1 Å². The fraction of sp³-hybridized carbons (Fsp3) is 0.258. The highest BCUT2D eigenvalue weighted by atomic mass is 16.6. The lowest BCUT2D eigenvalue weighted by Gasteiger charge is -2.36. The Balaban J connectivity index is 1.33. The predicted octanol–water partition coefficient (Wildman–Crippen LogP) is 4.80. The third kappa shape index (κ3) is 4.51. The second-order valence-corrected chi connectivity index (χ2v) is 10.3.